The highest BCUT2D eigenvalue weighted by Gasteiger charge is 2.06. The van der Waals surface area contributed by atoms with Crippen LogP contribution in [0.25, 0.3) is 0 Å². The second-order valence-corrected chi connectivity index (χ2v) is 5.93. The smallest absolute Gasteiger partial charge is 0.272 e. The topological polar surface area (TPSA) is 74.6 Å². The molecule has 0 aliphatic carbocycles. The molecule has 2 aromatic rings. The van der Waals surface area contributed by atoms with Crippen molar-refractivity contribution in [3.05, 3.63) is 56.2 Å². The molecule has 108 valence electrons. The molecule has 0 fully saturated rings. The quantitative estimate of drug-likeness (QED) is 0.599. The zero-order valence-corrected chi connectivity index (χ0v) is 14.1. The molecular formula is C14H11Br2N3O2. The summed E-state index contributed by atoms with van der Waals surface area (Å²) < 4.78 is 1.07. The van der Waals surface area contributed by atoms with Gasteiger partial charge in [0.25, 0.3) is 5.91 Å². The Hall–Kier alpha value is -1.73. The summed E-state index contributed by atoms with van der Waals surface area (Å²) in [6, 6.07) is 6.81. The molecule has 0 radical (unpaired) electrons. The molecule has 0 aliphatic rings. The number of aromatic nitrogens is 1. The van der Waals surface area contributed by atoms with Crippen molar-refractivity contribution in [1.29, 1.82) is 0 Å². The maximum absolute atomic E-state index is 11.8. The summed E-state index contributed by atoms with van der Waals surface area (Å²) >= 11 is 6.45. The molecule has 0 aliphatic heterocycles. The van der Waals surface area contributed by atoms with E-state index in [-0.39, 0.29) is 11.7 Å². The average molecular weight is 413 g/mol. The number of phenols is 1. The van der Waals surface area contributed by atoms with Gasteiger partial charge in [0, 0.05) is 11.9 Å². The fourth-order valence-corrected chi connectivity index (χ4v) is 2.71. The number of amides is 1. The molecule has 2 N–H and O–H groups in total. The van der Waals surface area contributed by atoms with Gasteiger partial charge in [0.15, 0.2) is 0 Å². The number of phenolic OH excluding ortho intramolecular Hbond substituents is 1. The summed E-state index contributed by atoms with van der Waals surface area (Å²) in [5, 5.41) is 13.5. The van der Waals surface area contributed by atoms with E-state index in [4.69, 9.17) is 0 Å². The van der Waals surface area contributed by atoms with E-state index in [9.17, 15) is 9.90 Å². The molecule has 0 saturated heterocycles. The molecule has 1 amide bonds. The highest BCUT2D eigenvalue weighted by molar-refractivity contribution is 9.11. The van der Waals surface area contributed by atoms with Crippen molar-refractivity contribution in [2.45, 2.75) is 6.92 Å². The van der Waals surface area contributed by atoms with E-state index in [1.807, 2.05) is 6.92 Å². The molecule has 0 bridgehead atoms. The lowest BCUT2D eigenvalue weighted by Crippen LogP contribution is -2.17. The molecule has 1 heterocycles. The first-order valence-electron chi connectivity index (χ1n) is 5.91. The normalized spacial score (nSPS) is 10.8. The van der Waals surface area contributed by atoms with Crippen molar-refractivity contribution in [1.82, 2.24) is 10.4 Å². The molecule has 0 spiro atoms. The molecule has 0 unspecified atom stereocenters. The predicted molar refractivity (Wildman–Crippen MR) is 87.5 cm³/mol. The first-order chi connectivity index (χ1) is 9.97. The van der Waals surface area contributed by atoms with Crippen LogP contribution in [0.15, 0.2) is 44.5 Å². The maximum atomic E-state index is 11.8. The van der Waals surface area contributed by atoms with Gasteiger partial charge in [-0.1, -0.05) is 0 Å². The summed E-state index contributed by atoms with van der Waals surface area (Å²) in [5.41, 5.74) is 4.41. The van der Waals surface area contributed by atoms with Gasteiger partial charge in [0.1, 0.15) is 5.75 Å². The number of rotatable bonds is 3. The van der Waals surface area contributed by atoms with Crippen LogP contribution in [0.5, 0.6) is 5.75 Å². The van der Waals surface area contributed by atoms with Crippen LogP contribution in [0.4, 0.5) is 0 Å². The molecule has 2 rings (SSSR count). The summed E-state index contributed by atoms with van der Waals surface area (Å²) in [7, 11) is 0. The molecule has 0 atom stereocenters. The number of hydrogen-bond acceptors (Lipinski definition) is 4. The lowest BCUT2D eigenvalue weighted by molar-refractivity contribution is 0.0955. The Bertz CT molecular complexity index is 677. The van der Waals surface area contributed by atoms with Crippen LogP contribution in [-0.4, -0.2) is 22.2 Å². The van der Waals surface area contributed by atoms with E-state index in [2.05, 4.69) is 47.4 Å². The molecule has 1 aromatic carbocycles. The number of hydrazone groups is 1. The third-order valence-electron chi connectivity index (χ3n) is 2.59. The number of aromatic hydroxyl groups is 1. The molecule has 0 saturated carbocycles. The van der Waals surface area contributed by atoms with E-state index in [0.717, 1.165) is 5.69 Å². The third kappa shape index (κ3) is 4.12. The van der Waals surface area contributed by atoms with Gasteiger partial charge in [-0.2, -0.15) is 5.10 Å². The van der Waals surface area contributed by atoms with Gasteiger partial charge in [-0.15, -0.1) is 0 Å². The molecular weight excluding hydrogens is 402 g/mol. The second-order valence-electron chi connectivity index (χ2n) is 4.22. The average Bonchev–Trinajstić information content (AvgIpc) is 2.45. The van der Waals surface area contributed by atoms with E-state index in [1.54, 1.807) is 24.3 Å². The van der Waals surface area contributed by atoms with Gasteiger partial charge in [0.2, 0.25) is 0 Å². The molecule has 7 heteroatoms. The van der Waals surface area contributed by atoms with Gasteiger partial charge in [0.05, 0.1) is 20.7 Å². The lowest BCUT2D eigenvalue weighted by atomic mass is 10.2. The summed E-state index contributed by atoms with van der Waals surface area (Å²) in [6.45, 7) is 1.85. The van der Waals surface area contributed by atoms with Crippen LogP contribution < -0.4 is 5.43 Å². The number of nitrogens with zero attached hydrogens (tertiary/aromatic N) is 2. The summed E-state index contributed by atoms with van der Waals surface area (Å²) in [4.78, 5) is 15.9. The third-order valence-corrected chi connectivity index (χ3v) is 3.80. The van der Waals surface area contributed by atoms with Crippen LogP contribution in [0, 0.1) is 6.92 Å². The number of aryl methyl sites for hydroxylation is 1. The number of halogens is 2. The Balaban J connectivity index is 2.05. The van der Waals surface area contributed by atoms with Crippen LogP contribution in [0.3, 0.4) is 0 Å². The first-order valence-corrected chi connectivity index (χ1v) is 7.50. The number of nitrogens with one attached hydrogen (secondary N) is 1. The van der Waals surface area contributed by atoms with Gasteiger partial charge < -0.3 is 5.11 Å². The number of carbonyl (C=O) groups excluding carboxylic acids is 1. The molecule has 1 aromatic heterocycles. The summed E-state index contributed by atoms with van der Waals surface area (Å²) in [5.74, 6) is -0.224. The number of benzene rings is 1. The Morgan fingerprint density at radius 2 is 2.00 bits per heavy atom. The maximum Gasteiger partial charge on any atom is 0.272 e. The van der Waals surface area contributed by atoms with Gasteiger partial charge in [-0.05, 0) is 68.6 Å². The summed E-state index contributed by atoms with van der Waals surface area (Å²) in [6.07, 6.45) is 2.97. The fraction of sp³-hybridized carbons (Fsp3) is 0.0714. The van der Waals surface area contributed by atoms with Crippen molar-refractivity contribution in [2.75, 3.05) is 0 Å². The Morgan fingerprint density at radius 1 is 1.33 bits per heavy atom. The van der Waals surface area contributed by atoms with Crippen molar-refractivity contribution in [3.8, 4) is 5.75 Å². The monoisotopic (exact) mass is 411 g/mol. The standard InChI is InChI=1S/C14H11Br2N3O2/c1-8-2-3-10(7-17-8)14(21)19-18-6-9-4-11(15)13(20)12(16)5-9/h2-7,20H,1H3,(H,19,21)/b18-6+. The van der Waals surface area contributed by atoms with Crippen LogP contribution in [0.2, 0.25) is 0 Å². The van der Waals surface area contributed by atoms with Crippen LogP contribution in [0.1, 0.15) is 21.6 Å². The van der Waals surface area contributed by atoms with Gasteiger partial charge in [-0.3, -0.25) is 9.78 Å². The van der Waals surface area contributed by atoms with Gasteiger partial charge in [-0.25, -0.2) is 5.43 Å². The Labute approximate surface area is 138 Å². The van der Waals surface area contributed by atoms with Crippen molar-refractivity contribution < 1.29 is 9.90 Å². The van der Waals surface area contributed by atoms with E-state index in [1.165, 1.54) is 12.4 Å². The lowest BCUT2D eigenvalue weighted by Gasteiger charge is -2.02. The van der Waals surface area contributed by atoms with E-state index in [0.29, 0.717) is 20.1 Å². The van der Waals surface area contributed by atoms with Crippen LogP contribution in [-0.2, 0) is 0 Å². The predicted octanol–water partition coefficient (Wildman–Crippen LogP) is 3.38. The highest BCUT2D eigenvalue weighted by Crippen LogP contribution is 2.32. The number of carbonyl (C=O) groups is 1. The zero-order chi connectivity index (χ0) is 15.4. The number of hydrogen-bond donors (Lipinski definition) is 2. The van der Waals surface area contributed by atoms with E-state index >= 15 is 0 Å². The van der Waals surface area contributed by atoms with Crippen LogP contribution >= 0.6 is 31.9 Å². The SMILES string of the molecule is Cc1ccc(C(=O)N/N=C/c2cc(Br)c(O)c(Br)c2)cn1. The second kappa shape index (κ2) is 6.82. The van der Waals surface area contributed by atoms with Crippen molar-refractivity contribution in [3.63, 3.8) is 0 Å². The Kier molecular flexibility index (Phi) is 5.08. The minimum atomic E-state index is -0.337. The molecule has 21 heavy (non-hydrogen) atoms. The minimum Gasteiger partial charge on any atom is -0.506 e. The highest BCUT2D eigenvalue weighted by atomic mass is 79.9. The van der Waals surface area contributed by atoms with Gasteiger partial charge >= 0.3 is 0 Å². The molecule has 5 nitrogen and oxygen atoms in total. The Morgan fingerprint density at radius 3 is 2.57 bits per heavy atom. The van der Waals surface area contributed by atoms with E-state index < -0.39 is 0 Å². The van der Waals surface area contributed by atoms with Crippen molar-refractivity contribution in [2.24, 2.45) is 5.10 Å². The van der Waals surface area contributed by atoms with Crippen molar-refractivity contribution >= 4 is 44.0 Å². The fourth-order valence-electron chi connectivity index (χ4n) is 1.49. The first kappa shape index (κ1) is 15.7. The zero-order valence-electron chi connectivity index (χ0n) is 11.0. The minimum absolute atomic E-state index is 0.113. The number of pyridine rings is 1. The largest absolute Gasteiger partial charge is 0.506 e.